The molecule has 1 atom stereocenters. The lowest BCUT2D eigenvalue weighted by Gasteiger charge is -2.23. The van der Waals surface area contributed by atoms with Gasteiger partial charge in [-0.3, -0.25) is 14.0 Å². The topological polar surface area (TPSA) is 103 Å². The lowest BCUT2D eigenvalue weighted by Crippen LogP contribution is -2.35. The molecule has 2 aliphatic heterocycles. The molecule has 0 bridgehead atoms. The number of amides is 2. The standard InChI is InChI=1S/C28H35FN6O2/c1-2-13-34(16-5-12-29)28(37)24-17-23-11-10-22(18-25(23)31-26(19-24)32-33-30)20-6-8-21(9-7-20)27(36)35-14-3-4-15-35/h6-11,17-18,26,31H,2-5,12-16,19H2,1H3,(H2,30,32). The summed E-state index contributed by atoms with van der Waals surface area (Å²) in [6.07, 6.45) is 4.90. The van der Waals surface area contributed by atoms with E-state index in [2.05, 4.69) is 15.7 Å². The predicted octanol–water partition coefficient (Wildman–Crippen LogP) is 5.04. The Morgan fingerprint density at radius 1 is 1.11 bits per heavy atom. The Morgan fingerprint density at radius 3 is 2.51 bits per heavy atom. The molecule has 4 rings (SSSR count). The van der Waals surface area contributed by atoms with Crippen LogP contribution in [0.2, 0.25) is 0 Å². The Balaban J connectivity index is 1.60. The maximum atomic E-state index is 13.4. The van der Waals surface area contributed by atoms with Gasteiger partial charge in [0.1, 0.15) is 6.17 Å². The maximum absolute atomic E-state index is 13.4. The van der Waals surface area contributed by atoms with Gasteiger partial charge in [0.15, 0.2) is 0 Å². The second kappa shape index (κ2) is 12.5. The van der Waals surface area contributed by atoms with Crippen LogP contribution in [0.1, 0.15) is 54.9 Å². The fourth-order valence-electron chi connectivity index (χ4n) is 4.92. The summed E-state index contributed by atoms with van der Waals surface area (Å²) in [7, 11) is 0. The van der Waals surface area contributed by atoms with Gasteiger partial charge in [0.2, 0.25) is 5.91 Å². The van der Waals surface area contributed by atoms with Crippen LogP contribution in [0.25, 0.3) is 17.2 Å². The number of rotatable bonds is 9. The second-order valence-corrected chi connectivity index (χ2v) is 9.48. The van der Waals surface area contributed by atoms with Gasteiger partial charge in [0, 0.05) is 49.4 Å². The van der Waals surface area contributed by atoms with Gasteiger partial charge in [-0.15, -0.1) is 5.11 Å². The maximum Gasteiger partial charge on any atom is 0.253 e. The highest BCUT2D eigenvalue weighted by Crippen LogP contribution is 2.32. The molecule has 1 unspecified atom stereocenters. The van der Waals surface area contributed by atoms with Gasteiger partial charge in [0.05, 0.1) is 6.67 Å². The van der Waals surface area contributed by atoms with Crippen molar-refractivity contribution in [3.63, 3.8) is 0 Å². The minimum absolute atomic E-state index is 0.0774. The zero-order chi connectivity index (χ0) is 26.2. The van der Waals surface area contributed by atoms with E-state index in [1.807, 2.05) is 60.4 Å². The number of alkyl halides is 1. The smallest absolute Gasteiger partial charge is 0.253 e. The first-order chi connectivity index (χ1) is 18.0. The fourth-order valence-corrected chi connectivity index (χ4v) is 4.92. The van der Waals surface area contributed by atoms with Crippen molar-refractivity contribution in [3.8, 4) is 11.1 Å². The van der Waals surface area contributed by atoms with Crippen molar-refractivity contribution >= 4 is 23.6 Å². The van der Waals surface area contributed by atoms with Crippen molar-refractivity contribution < 1.29 is 14.0 Å². The first-order valence-corrected chi connectivity index (χ1v) is 13.0. The van der Waals surface area contributed by atoms with Crippen LogP contribution in [0.15, 0.2) is 58.4 Å². The van der Waals surface area contributed by atoms with Crippen LogP contribution < -0.4 is 11.2 Å². The minimum Gasteiger partial charge on any atom is -0.361 e. The Hall–Kier alpha value is -3.75. The molecule has 3 N–H and O–H groups in total. The number of carbonyl (C=O) groups is 2. The van der Waals surface area contributed by atoms with E-state index < -0.39 is 12.8 Å². The lowest BCUT2D eigenvalue weighted by molar-refractivity contribution is -0.127. The molecule has 2 amide bonds. The van der Waals surface area contributed by atoms with Crippen LogP contribution in [0, 0.1) is 0 Å². The monoisotopic (exact) mass is 506 g/mol. The van der Waals surface area contributed by atoms with Crippen LogP contribution in [0.3, 0.4) is 0 Å². The summed E-state index contributed by atoms with van der Waals surface area (Å²) in [6, 6.07) is 13.6. The Morgan fingerprint density at radius 2 is 1.84 bits per heavy atom. The number of nitrogens with one attached hydrogen (secondary N) is 1. The number of hydrogen-bond donors (Lipinski definition) is 2. The fraction of sp³-hybridized carbons (Fsp3) is 0.429. The third-order valence-corrected chi connectivity index (χ3v) is 6.80. The SMILES string of the molecule is CCCN(CCCF)C(=O)C1=Cc2ccc(-c3ccc(C(=O)N4CCCC4)cc3)cc2NC(N=NN)C1. The summed E-state index contributed by atoms with van der Waals surface area (Å²) in [5.41, 5.74) is 4.87. The Labute approximate surface area is 217 Å². The van der Waals surface area contributed by atoms with E-state index in [1.54, 1.807) is 4.90 Å². The number of likely N-dealkylation sites (tertiary alicyclic amines) is 1. The molecule has 2 aromatic carbocycles. The number of anilines is 1. The van der Waals surface area contributed by atoms with E-state index in [4.69, 9.17) is 5.84 Å². The summed E-state index contributed by atoms with van der Waals surface area (Å²) < 4.78 is 12.8. The van der Waals surface area contributed by atoms with E-state index in [0.717, 1.165) is 54.7 Å². The first-order valence-electron chi connectivity index (χ1n) is 13.0. The van der Waals surface area contributed by atoms with Crippen molar-refractivity contribution in [1.29, 1.82) is 0 Å². The van der Waals surface area contributed by atoms with Crippen molar-refractivity contribution in [2.24, 2.45) is 16.2 Å². The van der Waals surface area contributed by atoms with Gasteiger partial charge in [-0.2, -0.15) is 0 Å². The molecule has 2 aromatic rings. The molecular formula is C28H35FN6O2. The number of nitrogens with two attached hydrogens (primary N) is 1. The van der Waals surface area contributed by atoms with E-state index in [1.165, 1.54) is 0 Å². The number of nitrogens with zero attached hydrogens (tertiary/aromatic N) is 4. The van der Waals surface area contributed by atoms with Crippen LogP contribution in [-0.2, 0) is 4.79 Å². The van der Waals surface area contributed by atoms with Gasteiger partial charge in [0.25, 0.3) is 5.91 Å². The summed E-state index contributed by atoms with van der Waals surface area (Å²) in [4.78, 5) is 29.6. The highest BCUT2D eigenvalue weighted by molar-refractivity contribution is 5.99. The minimum atomic E-state index is -0.512. The van der Waals surface area contributed by atoms with Gasteiger partial charge >= 0.3 is 0 Å². The zero-order valence-corrected chi connectivity index (χ0v) is 21.3. The lowest BCUT2D eigenvalue weighted by atomic mass is 10.00. The van der Waals surface area contributed by atoms with Crippen molar-refractivity contribution in [3.05, 3.63) is 59.2 Å². The second-order valence-electron chi connectivity index (χ2n) is 9.48. The number of benzene rings is 2. The average molecular weight is 507 g/mol. The van der Waals surface area contributed by atoms with Crippen molar-refractivity contribution in [2.45, 2.75) is 45.2 Å². The normalized spacial score (nSPS) is 17.2. The molecule has 0 aliphatic carbocycles. The molecule has 1 fully saturated rings. The first kappa shape index (κ1) is 26.3. The van der Waals surface area contributed by atoms with Crippen LogP contribution >= 0.6 is 0 Å². The highest BCUT2D eigenvalue weighted by Gasteiger charge is 2.25. The molecule has 8 nitrogen and oxygen atoms in total. The number of hydrogen-bond acceptors (Lipinski definition) is 5. The van der Waals surface area contributed by atoms with Crippen molar-refractivity contribution in [1.82, 2.24) is 9.80 Å². The average Bonchev–Trinajstić information content (AvgIpc) is 3.39. The molecule has 2 heterocycles. The molecule has 37 heavy (non-hydrogen) atoms. The Bertz CT molecular complexity index is 1160. The number of fused-ring (bicyclic) bond motifs is 1. The van der Waals surface area contributed by atoms with Crippen LogP contribution in [0.5, 0.6) is 0 Å². The molecule has 2 aliphatic rings. The molecule has 196 valence electrons. The molecule has 0 spiro atoms. The van der Waals surface area contributed by atoms with Gasteiger partial charge in [-0.1, -0.05) is 36.4 Å². The summed E-state index contributed by atoms with van der Waals surface area (Å²) in [5.74, 6) is 5.32. The Kier molecular flexibility index (Phi) is 8.87. The summed E-state index contributed by atoms with van der Waals surface area (Å²) in [6.45, 7) is 4.12. The van der Waals surface area contributed by atoms with E-state index in [0.29, 0.717) is 37.1 Å². The van der Waals surface area contributed by atoms with Gasteiger partial charge < -0.3 is 21.0 Å². The van der Waals surface area contributed by atoms with E-state index in [9.17, 15) is 14.0 Å². The third-order valence-electron chi connectivity index (χ3n) is 6.80. The molecule has 0 radical (unpaired) electrons. The largest absolute Gasteiger partial charge is 0.361 e. The summed E-state index contributed by atoms with van der Waals surface area (Å²) in [5, 5.41) is 10.9. The van der Waals surface area contributed by atoms with Gasteiger partial charge in [-0.25, -0.2) is 0 Å². The van der Waals surface area contributed by atoms with Crippen LogP contribution in [-0.4, -0.2) is 60.6 Å². The van der Waals surface area contributed by atoms with Gasteiger partial charge in [-0.05, 0) is 66.6 Å². The molecule has 0 saturated carbocycles. The highest BCUT2D eigenvalue weighted by atomic mass is 19.1. The molecular weight excluding hydrogens is 471 g/mol. The molecule has 1 saturated heterocycles. The van der Waals surface area contributed by atoms with E-state index >= 15 is 0 Å². The van der Waals surface area contributed by atoms with E-state index in [-0.39, 0.29) is 11.8 Å². The van der Waals surface area contributed by atoms with Crippen LogP contribution in [0.4, 0.5) is 10.1 Å². The zero-order valence-electron chi connectivity index (χ0n) is 21.3. The molecule has 0 aromatic heterocycles. The van der Waals surface area contributed by atoms with Crippen molar-refractivity contribution in [2.75, 3.05) is 38.2 Å². The number of halogens is 1. The number of carbonyl (C=O) groups excluding carboxylic acids is 2. The third kappa shape index (κ3) is 6.34. The molecule has 9 heteroatoms. The predicted molar refractivity (Wildman–Crippen MR) is 144 cm³/mol. The summed E-state index contributed by atoms with van der Waals surface area (Å²) >= 11 is 0. The quantitative estimate of drug-likeness (QED) is 0.283.